The highest BCUT2D eigenvalue weighted by Gasteiger charge is 2.23. The first-order chi connectivity index (χ1) is 10.1. The van der Waals surface area contributed by atoms with Crippen LogP contribution in [0.2, 0.25) is 0 Å². The van der Waals surface area contributed by atoms with E-state index in [1.54, 1.807) is 0 Å². The number of benzene rings is 1. The van der Waals surface area contributed by atoms with Crippen molar-refractivity contribution in [3.8, 4) is 5.75 Å². The number of phenols is 1. The van der Waals surface area contributed by atoms with E-state index in [0.717, 1.165) is 46.4 Å². The van der Waals surface area contributed by atoms with Gasteiger partial charge in [0.15, 0.2) is 11.3 Å². The number of nitrogens with one attached hydrogen (secondary N) is 1. The van der Waals surface area contributed by atoms with Gasteiger partial charge in [0.25, 0.3) is 0 Å². The molecule has 1 atom stereocenters. The van der Waals surface area contributed by atoms with Crippen molar-refractivity contribution in [2.24, 2.45) is 0 Å². The average Bonchev–Trinajstić information content (AvgIpc) is 3.13. The van der Waals surface area contributed by atoms with Crippen LogP contribution in [0.1, 0.15) is 29.9 Å². The van der Waals surface area contributed by atoms with Crippen LogP contribution in [0.3, 0.4) is 0 Å². The predicted molar refractivity (Wildman–Crippen MR) is 81.9 cm³/mol. The highest BCUT2D eigenvalue weighted by Crippen LogP contribution is 2.41. The molecule has 0 spiro atoms. The van der Waals surface area contributed by atoms with Gasteiger partial charge in [-0.15, -0.1) is 0 Å². The lowest BCUT2D eigenvalue weighted by Crippen LogP contribution is -2.23. The van der Waals surface area contributed by atoms with E-state index in [0.29, 0.717) is 11.6 Å². The standard InChI is InChI=1S/C17H19NO3/c1-9-6-12-13(8-11-4-3-5-18-11)16-14(7-10(2)20-16)15(19)17(12)21-9/h6-7,11,18-19H,3-5,8H2,1-2H3. The van der Waals surface area contributed by atoms with Crippen molar-refractivity contribution in [1.29, 1.82) is 0 Å². The SMILES string of the molecule is Cc1cc2c(CC3CCCN3)c3oc(C)cc3c(O)c2o1. The molecule has 21 heavy (non-hydrogen) atoms. The van der Waals surface area contributed by atoms with Gasteiger partial charge >= 0.3 is 0 Å². The lowest BCUT2D eigenvalue weighted by atomic mass is 9.98. The summed E-state index contributed by atoms with van der Waals surface area (Å²) in [6.07, 6.45) is 3.30. The van der Waals surface area contributed by atoms with Crippen molar-refractivity contribution in [3.63, 3.8) is 0 Å². The third kappa shape index (κ3) is 1.94. The Morgan fingerprint density at radius 3 is 2.57 bits per heavy atom. The summed E-state index contributed by atoms with van der Waals surface area (Å²) >= 11 is 0. The van der Waals surface area contributed by atoms with Gasteiger partial charge in [0.1, 0.15) is 17.1 Å². The van der Waals surface area contributed by atoms with E-state index in [9.17, 15) is 5.11 Å². The molecule has 0 amide bonds. The van der Waals surface area contributed by atoms with E-state index in [1.807, 2.05) is 26.0 Å². The molecule has 110 valence electrons. The van der Waals surface area contributed by atoms with Crippen LogP contribution in [0.25, 0.3) is 21.9 Å². The second-order valence-electron chi connectivity index (χ2n) is 6.02. The maximum absolute atomic E-state index is 10.5. The molecule has 2 N–H and O–H groups in total. The molecule has 1 aromatic carbocycles. The summed E-state index contributed by atoms with van der Waals surface area (Å²) in [6.45, 7) is 4.89. The fraction of sp³-hybridized carbons (Fsp3) is 0.412. The average molecular weight is 285 g/mol. The summed E-state index contributed by atoms with van der Waals surface area (Å²) in [4.78, 5) is 0. The molecule has 1 aliphatic rings. The molecule has 1 fully saturated rings. The molecule has 0 radical (unpaired) electrons. The van der Waals surface area contributed by atoms with Gasteiger partial charge in [-0.2, -0.15) is 0 Å². The minimum Gasteiger partial charge on any atom is -0.504 e. The molecule has 1 unspecified atom stereocenters. The molecule has 0 aliphatic carbocycles. The lowest BCUT2D eigenvalue weighted by molar-refractivity contribution is 0.466. The highest BCUT2D eigenvalue weighted by molar-refractivity contribution is 6.04. The fourth-order valence-corrected chi connectivity index (χ4v) is 3.45. The summed E-state index contributed by atoms with van der Waals surface area (Å²) in [5, 5.41) is 15.7. The summed E-state index contributed by atoms with van der Waals surface area (Å²) in [5.41, 5.74) is 2.52. The number of rotatable bonds is 2. The Hall–Kier alpha value is -1.94. The first kappa shape index (κ1) is 12.8. The minimum absolute atomic E-state index is 0.188. The third-order valence-electron chi connectivity index (χ3n) is 4.39. The predicted octanol–water partition coefficient (Wildman–Crippen LogP) is 3.80. The van der Waals surface area contributed by atoms with E-state index < -0.39 is 0 Å². The number of phenolic OH excluding ortho intramolecular Hbond substituents is 1. The number of fused-ring (bicyclic) bond motifs is 2. The molecule has 3 aromatic rings. The second kappa shape index (κ2) is 4.53. The minimum atomic E-state index is 0.188. The van der Waals surface area contributed by atoms with Crippen molar-refractivity contribution in [1.82, 2.24) is 5.32 Å². The zero-order valence-corrected chi connectivity index (χ0v) is 12.3. The molecule has 1 aliphatic heterocycles. The van der Waals surface area contributed by atoms with Gasteiger partial charge in [-0.1, -0.05) is 0 Å². The summed E-state index contributed by atoms with van der Waals surface area (Å²) in [6, 6.07) is 4.35. The van der Waals surface area contributed by atoms with Gasteiger partial charge in [-0.3, -0.25) is 0 Å². The summed E-state index contributed by atoms with van der Waals surface area (Å²) < 4.78 is 11.6. The number of hydrogen-bond donors (Lipinski definition) is 2. The van der Waals surface area contributed by atoms with Gasteiger partial charge < -0.3 is 19.3 Å². The van der Waals surface area contributed by atoms with Crippen LogP contribution in [0.5, 0.6) is 5.75 Å². The Labute approximate surface area is 122 Å². The fourth-order valence-electron chi connectivity index (χ4n) is 3.45. The molecule has 0 bridgehead atoms. The van der Waals surface area contributed by atoms with Crippen LogP contribution in [0.15, 0.2) is 21.0 Å². The monoisotopic (exact) mass is 285 g/mol. The maximum atomic E-state index is 10.5. The molecule has 2 aromatic heterocycles. The van der Waals surface area contributed by atoms with Crippen LogP contribution in [-0.4, -0.2) is 17.7 Å². The van der Waals surface area contributed by atoms with Crippen LogP contribution in [-0.2, 0) is 6.42 Å². The third-order valence-corrected chi connectivity index (χ3v) is 4.39. The van der Waals surface area contributed by atoms with E-state index in [2.05, 4.69) is 5.32 Å². The summed E-state index contributed by atoms with van der Waals surface area (Å²) in [5.74, 6) is 1.81. The van der Waals surface area contributed by atoms with Crippen LogP contribution in [0.4, 0.5) is 0 Å². The van der Waals surface area contributed by atoms with E-state index in [4.69, 9.17) is 8.83 Å². The van der Waals surface area contributed by atoms with Gasteiger partial charge in [0.05, 0.1) is 5.39 Å². The van der Waals surface area contributed by atoms with Crippen LogP contribution in [0, 0.1) is 13.8 Å². The maximum Gasteiger partial charge on any atom is 0.177 e. The van der Waals surface area contributed by atoms with Crippen molar-refractivity contribution >= 4 is 21.9 Å². The Kier molecular flexibility index (Phi) is 2.76. The quantitative estimate of drug-likeness (QED) is 0.752. The van der Waals surface area contributed by atoms with Crippen LogP contribution < -0.4 is 5.32 Å². The molecule has 4 heteroatoms. The van der Waals surface area contributed by atoms with Crippen molar-refractivity contribution in [2.75, 3.05) is 6.54 Å². The molecular formula is C17H19NO3. The lowest BCUT2D eigenvalue weighted by Gasteiger charge is -2.12. The molecule has 4 rings (SSSR count). The molecule has 4 nitrogen and oxygen atoms in total. The Balaban J connectivity index is 2.00. The molecular weight excluding hydrogens is 266 g/mol. The first-order valence-corrected chi connectivity index (χ1v) is 7.51. The van der Waals surface area contributed by atoms with E-state index in [1.165, 1.54) is 12.8 Å². The van der Waals surface area contributed by atoms with Gasteiger partial charge in [-0.05, 0) is 51.8 Å². The van der Waals surface area contributed by atoms with Crippen molar-refractivity contribution in [3.05, 3.63) is 29.2 Å². The summed E-state index contributed by atoms with van der Waals surface area (Å²) in [7, 11) is 0. The first-order valence-electron chi connectivity index (χ1n) is 7.51. The number of aromatic hydroxyl groups is 1. The largest absolute Gasteiger partial charge is 0.504 e. The van der Waals surface area contributed by atoms with Gasteiger partial charge in [0.2, 0.25) is 0 Å². The Morgan fingerprint density at radius 1 is 1.14 bits per heavy atom. The smallest absolute Gasteiger partial charge is 0.177 e. The number of furan rings is 2. The topological polar surface area (TPSA) is 58.5 Å². The Morgan fingerprint density at radius 2 is 1.86 bits per heavy atom. The molecule has 3 heterocycles. The molecule has 0 saturated carbocycles. The van der Waals surface area contributed by atoms with E-state index in [-0.39, 0.29) is 5.75 Å². The zero-order chi connectivity index (χ0) is 14.6. The van der Waals surface area contributed by atoms with Gasteiger partial charge in [0, 0.05) is 17.0 Å². The normalized spacial score (nSPS) is 19.0. The second-order valence-corrected chi connectivity index (χ2v) is 6.02. The van der Waals surface area contributed by atoms with Gasteiger partial charge in [-0.25, -0.2) is 0 Å². The number of aryl methyl sites for hydroxylation is 2. The zero-order valence-electron chi connectivity index (χ0n) is 12.3. The highest BCUT2D eigenvalue weighted by atomic mass is 16.4. The number of hydrogen-bond acceptors (Lipinski definition) is 4. The molecule has 1 saturated heterocycles. The van der Waals surface area contributed by atoms with Crippen LogP contribution >= 0.6 is 0 Å². The Bertz CT molecular complexity index is 764. The van der Waals surface area contributed by atoms with Crippen molar-refractivity contribution in [2.45, 2.75) is 39.2 Å². The van der Waals surface area contributed by atoms with Crippen molar-refractivity contribution < 1.29 is 13.9 Å². The van der Waals surface area contributed by atoms with E-state index >= 15 is 0 Å².